The fourth-order valence-corrected chi connectivity index (χ4v) is 3.35. The Bertz CT molecular complexity index is 518. The van der Waals surface area contributed by atoms with Gasteiger partial charge in [0.15, 0.2) is 5.37 Å². The number of benzene rings is 1. The van der Waals surface area contributed by atoms with Gasteiger partial charge in [0.2, 0.25) is 0 Å². The average molecular weight is 315 g/mol. The molecule has 20 heavy (non-hydrogen) atoms. The maximum Gasteiger partial charge on any atom is 0.339 e. The number of esters is 1. The number of hydrogen-bond acceptors (Lipinski definition) is 4. The molecule has 2 rings (SSSR count). The van der Waals surface area contributed by atoms with Gasteiger partial charge in [0.1, 0.15) is 0 Å². The Balaban J connectivity index is 2.14. The highest BCUT2D eigenvalue weighted by Crippen LogP contribution is 2.29. The van der Waals surface area contributed by atoms with Crippen molar-refractivity contribution in [1.29, 1.82) is 0 Å². The summed E-state index contributed by atoms with van der Waals surface area (Å²) in [6, 6.07) is 5.04. The standard InChI is InChI=1S/C13H15ClN2O3S/c1-8-4-3-5-9(14)10(8)15-13(18)16-6-7-20-11(16)12(17)19-2/h3-5,11H,6-7H2,1-2H3,(H,15,18). The molecule has 0 aromatic heterocycles. The highest BCUT2D eigenvalue weighted by Gasteiger charge is 2.35. The highest BCUT2D eigenvalue weighted by atomic mass is 35.5. The van der Waals surface area contributed by atoms with E-state index in [9.17, 15) is 9.59 Å². The average Bonchev–Trinajstić information content (AvgIpc) is 2.91. The summed E-state index contributed by atoms with van der Waals surface area (Å²) in [5.74, 6) is 0.285. The lowest BCUT2D eigenvalue weighted by Crippen LogP contribution is -2.42. The minimum atomic E-state index is -0.595. The number of nitrogens with zero attached hydrogens (tertiary/aromatic N) is 1. The number of amides is 2. The third kappa shape index (κ3) is 3.02. The van der Waals surface area contributed by atoms with Crippen LogP contribution in [0.1, 0.15) is 5.56 Å². The van der Waals surface area contributed by atoms with Crippen molar-refractivity contribution < 1.29 is 14.3 Å². The normalized spacial score (nSPS) is 17.9. The zero-order valence-electron chi connectivity index (χ0n) is 11.2. The molecule has 1 aromatic carbocycles. The molecular formula is C13H15ClN2O3S. The number of nitrogens with one attached hydrogen (secondary N) is 1. The molecule has 1 aliphatic heterocycles. The fourth-order valence-electron chi connectivity index (χ4n) is 1.94. The number of para-hydroxylation sites is 1. The summed E-state index contributed by atoms with van der Waals surface area (Å²) >= 11 is 7.46. The lowest BCUT2D eigenvalue weighted by Gasteiger charge is -2.22. The van der Waals surface area contributed by atoms with E-state index >= 15 is 0 Å². The van der Waals surface area contributed by atoms with E-state index < -0.39 is 11.3 Å². The molecule has 1 fully saturated rings. The van der Waals surface area contributed by atoms with Gasteiger partial charge in [-0.1, -0.05) is 23.7 Å². The molecule has 2 amide bonds. The molecule has 0 spiro atoms. The summed E-state index contributed by atoms with van der Waals surface area (Å²) in [6.07, 6.45) is 0. The number of methoxy groups -OCH3 is 1. The van der Waals surface area contributed by atoms with E-state index in [1.165, 1.54) is 23.8 Å². The van der Waals surface area contributed by atoms with E-state index in [0.29, 0.717) is 23.0 Å². The van der Waals surface area contributed by atoms with Gasteiger partial charge in [-0.3, -0.25) is 0 Å². The van der Waals surface area contributed by atoms with Crippen molar-refractivity contribution in [3.63, 3.8) is 0 Å². The molecule has 1 N–H and O–H groups in total. The topological polar surface area (TPSA) is 58.6 Å². The van der Waals surface area contributed by atoms with Gasteiger partial charge < -0.3 is 15.0 Å². The van der Waals surface area contributed by atoms with Gasteiger partial charge >= 0.3 is 12.0 Å². The monoisotopic (exact) mass is 314 g/mol. The summed E-state index contributed by atoms with van der Waals surface area (Å²) in [4.78, 5) is 25.4. The van der Waals surface area contributed by atoms with Gasteiger partial charge in [0.05, 0.1) is 17.8 Å². The Kier molecular flexibility index (Phi) is 4.77. The first-order valence-corrected chi connectivity index (χ1v) is 7.49. The first-order valence-electron chi connectivity index (χ1n) is 6.06. The van der Waals surface area contributed by atoms with E-state index in [0.717, 1.165) is 5.56 Å². The third-order valence-corrected chi connectivity index (χ3v) is 4.50. The van der Waals surface area contributed by atoms with Crippen molar-refractivity contribution in [2.45, 2.75) is 12.3 Å². The Morgan fingerprint density at radius 1 is 1.50 bits per heavy atom. The van der Waals surface area contributed by atoms with E-state index in [1.54, 1.807) is 6.07 Å². The van der Waals surface area contributed by atoms with Crippen LogP contribution in [0.15, 0.2) is 18.2 Å². The lowest BCUT2D eigenvalue weighted by atomic mass is 10.2. The molecule has 108 valence electrons. The summed E-state index contributed by atoms with van der Waals surface area (Å²) in [6.45, 7) is 2.36. The number of ether oxygens (including phenoxy) is 1. The zero-order valence-corrected chi connectivity index (χ0v) is 12.8. The molecule has 1 atom stereocenters. The maximum absolute atomic E-state index is 12.3. The Morgan fingerprint density at radius 3 is 2.90 bits per heavy atom. The number of aryl methyl sites for hydroxylation is 1. The molecule has 1 saturated heterocycles. The molecule has 0 radical (unpaired) electrons. The van der Waals surface area contributed by atoms with Crippen molar-refractivity contribution in [2.24, 2.45) is 0 Å². The van der Waals surface area contributed by atoms with Crippen LogP contribution in [0.5, 0.6) is 0 Å². The molecule has 0 saturated carbocycles. The smallest absolute Gasteiger partial charge is 0.339 e. The molecule has 1 aromatic rings. The van der Waals surface area contributed by atoms with E-state index in [-0.39, 0.29) is 6.03 Å². The first kappa shape index (κ1) is 15.0. The summed E-state index contributed by atoms with van der Waals surface area (Å²) < 4.78 is 4.70. The van der Waals surface area contributed by atoms with Gasteiger partial charge in [0.25, 0.3) is 0 Å². The molecule has 1 unspecified atom stereocenters. The lowest BCUT2D eigenvalue weighted by molar-refractivity contribution is -0.142. The van der Waals surface area contributed by atoms with Gasteiger partial charge in [-0.15, -0.1) is 11.8 Å². The molecule has 5 nitrogen and oxygen atoms in total. The number of rotatable bonds is 2. The van der Waals surface area contributed by atoms with Gasteiger partial charge in [-0.25, -0.2) is 9.59 Å². The van der Waals surface area contributed by atoms with Crippen molar-refractivity contribution in [1.82, 2.24) is 4.90 Å². The van der Waals surface area contributed by atoms with Crippen LogP contribution in [0.25, 0.3) is 0 Å². The van der Waals surface area contributed by atoms with E-state index in [1.807, 2.05) is 19.1 Å². The molecule has 7 heteroatoms. The second kappa shape index (κ2) is 6.37. The second-order valence-corrected chi connectivity index (χ2v) is 5.90. The van der Waals surface area contributed by atoms with Crippen LogP contribution >= 0.6 is 23.4 Å². The first-order chi connectivity index (χ1) is 9.54. The fraction of sp³-hybridized carbons (Fsp3) is 0.385. The van der Waals surface area contributed by atoms with Crippen LogP contribution in [-0.4, -0.2) is 41.7 Å². The third-order valence-electron chi connectivity index (χ3n) is 3.01. The summed E-state index contributed by atoms with van der Waals surface area (Å²) in [5.41, 5.74) is 1.44. The summed E-state index contributed by atoms with van der Waals surface area (Å²) in [5, 5.41) is 2.64. The van der Waals surface area contributed by atoms with Crippen molar-refractivity contribution in [3.8, 4) is 0 Å². The van der Waals surface area contributed by atoms with E-state index in [4.69, 9.17) is 16.3 Å². The van der Waals surface area contributed by atoms with Crippen LogP contribution in [0.4, 0.5) is 10.5 Å². The minimum Gasteiger partial charge on any atom is -0.467 e. The predicted molar refractivity (Wildman–Crippen MR) is 80.2 cm³/mol. The van der Waals surface area contributed by atoms with Crippen LogP contribution in [0.2, 0.25) is 5.02 Å². The van der Waals surface area contributed by atoms with Crippen molar-refractivity contribution in [3.05, 3.63) is 28.8 Å². The number of hydrogen-bond donors (Lipinski definition) is 1. The number of anilines is 1. The van der Waals surface area contributed by atoms with Gasteiger partial charge in [0, 0.05) is 12.3 Å². The number of carbonyl (C=O) groups is 2. The van der Waals surface area contributed by atoms with Crippen molar-refractivity contribution >= 4 is 41.1 Å². The van der Waals surface area contributed by atoms with Crippen LogP contribution in [0.3, 0.4) is 0 Å². The molecule has 0 aliphatic carbocycles. The number of halogens is 1. The maximum atomic E-state index is 12.3. The molecular weight excluding hydrogens is 300 g/mol. The van der Waals surface area contributed by atoms with Gasteiger partial charge in [-0.05, 0) is 18.6 Å². The Hall–Kier alpha value is -1.40. The predicted octanol–water partition coefficient (Wildman–Crippen LogP) is 2.73. The molecule has 1 aliphatic rings. The second-order valence-electron chi connectivity index (χ2n) is 4.30. The van der Waals surface area contributed by atoms with Crippen LogP contribution in [-0.2, 0) is 9.53 Å². The van der Waals surface area contributed by atoms with Crippen LogP contribution in [0, 0.1) is 6.92 Å². The van der Waals surface area contributed by atoms with Gasteiger partial charge in [-0.2, -0.15) is 0 Å². The highest BCUT2D eigenvalue weighted by molar-refractivity contribution is 8.00. The van der Waals surface area contributed by atoms with Crippen LogP contribution < -0.4 is 5.32 Å². The SMILES string of the molecule is COC(=O)C1SCCN1C(=O)Nc1c(C)cccc1Cl. The molecule has 0 bridgehead atoms. The summed E-state index contributed by atoms with van der Waals surface area (Å²) in [7, 11) is 1.31. The zero-order chi connectivity index (χ0) is 14.7. The van der Waals surface area contributed by atoms with Crippen molar-refractivity contribution in [2.75, 3.05) is 24.7 Å². The Labute approximate surface area is 126 Å². The van der Waals surface area contributed by atoms with E-state index in [2.05, 4.69) is 5.32 Å². The number of thioether (sulfide) groups is 1. The number of urea groups is 1. The largest absolute Gasteiger partial charge is 0.467 e. The number of carbonyl (C=O) groups excluding carboxylic acids is 2. The quantitative estimate of drug-likeness (QED) is 0.853. The molecule has 1 heterocycles. The Morgan fingerprint density at radius 2 is 2.25 bits per heavy atom. The minimum absolute atomic E-state index is 0.346.